The highest BCUT2D eigenvalue weighted by Gasteiger charge is 2.23. The molecule has 0 saturated carbocycles. The molecule has 2 heterocycles. The van der Waals surface area contributed by atoms with E-state index in [0.29, 0.717) is 5.56 Å². The number of likely N-dealkylation sites (tertiary alicyclic amines) is 1. The third-order valence-electron chi connectivity index (χ3n) is 5.44. The van der Waals surface area contributed by atoms with E-state index in [2.05, 4.69) is 29.2 Å². The summed E-state index contributed by atoms with van der Waals surface area (Å²) in [5, 5.41) is 0. The van der Waals surface area contributed by atoms with Gasteiger partial charge in [0.1, 0.15) is 5.52 Å². The monoisotopic (exact) mass is 378 g/mol. The van der Waals surface area contributed by atoms with E-state index in [4.69, 9.17) is 9.15 Å². The lowest BCUT2D eigenvalue weighted by molar-refractivity contribution is 0.0351. The fourth-order valence-electron chi connectivity index (χ4n) is 3.78. The molecular formula is C23H26N2O3. The van der Waals surface area contributed by atoms with E-state index in [1.54, 1.807) is 7.11 Å². The molecule has 146 valence electrons. The Balaban J connectivity index is 1.39. The minimum absolute atomic E-state index is 0.0603. The molecule has 1 saturated heterocycles. The summed E-state index contributed by atoms with van der Waals surface area (Å²) >= 11 is 0. The Morgan fingerprint density at radius 3 is 2.68 bits per heavy atom. The van der Waals surface area contributed by atoms with Gasteiger partial charge in [0.05, 0.1) is 6.10 Å². The molecule has 0 unspecified atom stereocenters. The molecule has 0 N–H and O–H groups in total. The number of nitrogens with zero attached hydrogens (tertiary/aromatic N) is 2. The standard InChI is InChI=1S/C23H26N2O3/c1-27-19-12-14-25(15-13-19)23(26)18-10-11-21-20(16-18)24-22(28-21)9-5-8-17-6-3-2-4-7-17/h2-4,6-7,10-11,16,19H,5,8-9,12-15H2,1H3. The highest BCUT2D eigenvalue weighted by molar-refractivity contribution is 5.97. The van der Waals surface area contributed by atoms with E-state index in [-0.39, 0.29) is 12.0 Å². The average molecular weight is 378 g/mol. The number of ether oxygens (including phenoxy) is 1. The molecule has 3 aromatic rings. The molecule has 0 radical (unpaired) electrons. The topological polar surface area (TPSA) is 55.6 Å². The first-order valence-electron chi connectivity index (χ1n) is 9.98. The first-order valence-corrected chi connectivity index (χ1v) is 9.98. The van der Waals surface area contributed by atoms with Gasteiger partial charge in [-0.15, -0.1) is 0 Å². The van der Waals surface area contributed by atoms with Crippen LogP contribution in [0.2, 0.25) is 0 Å². The van der Waals surface area contributed by atoms with Crippen LogP contribution in [-0.2, 0) is 17.6 Å². The zero-order chi connectivity index (χ0) is 19.3. The van der Waals surface area contributed by atoms with Crippen LogP contribution in [0.25, 0.3) is 11.1 Å². The number of hydrogen-bond acceptors (Lipinski definition) is 4. The zero-order valence-electron chi connectivity index (χ0n) is 16.3. The number of aryl methyl sites for hydroxylation is 2. The maximum Gasteiger partial charge on any atom is 0.253 e. The molecule has 0 spiro atoms. The molecule has 5 nitrogen and oxygen atoms in total. The van der Waals surface area contributed by atoms with Gasteiger partial charge in [0, 0.05) is 32.2 Å². The van der Waals surface area contributed by atoms with Crippen molar-refractivity contribution in [3.05, 3.63) is 65.5 Å². The number of amides is 1. The second-order valence-corrected chi connectivity index (χ2v) is 7.36. The van der Waals surface area contributed by atoms with Gasteiger partial charge < -0.3 is 14.1 Å². The number of benzene rings is 2. The molecule has 5 heteroatoms. The Bertz CT molecular complexity index is 927. The van der Waals surface area contributed by atoms with Gasteiger partial charge in [-0.3, -0.25) is 4.79 Å². The van der Waals surface area contributed by atoms with Crippen molar-refractivity contribution >= 4 is 17.0 Å². The van der Waals surface area contributed by atoms with Crippen LogP contribution >= 0.6 is 0 Å². The molecule has 1 fully saturated rings. The fraction of sp³-hybridized carbons (Fsp3) is 0.391. The van der Waals surface area contributed by atoms with Crippen molar-refractivity contribution in [3.63, 3.8) is 0 Å². The molecule has 28 heavy (non-hydrogen) atoms. The normalized spacial score (nSPS) is 15.2. The molecule has 4 rings (SSSR count). The van der Waals surface area contributed by atoms with Crippen molar-refractivity contribution in [1.82, 2.24) is 9.88 Å². The SMILES string of the molecule is COC1CCN(C(=O)c2ccc3oc(CCCc4ccccc4)nc3c2)CC1. The van der Waals surface area contributed by atoms with E-state index < -0.39 is 0 Å². The van der Waals surface area contributed by atoms with E-state index >= 15 is 0 Å². The van der Waals surface area contributed by atoms with Gasteiger partial charge in [0.2, 0.25) is 0 Å². The summed E-state index contributed by atoms with van der Waals surface area (Å²) in [6, 6.07) is 16.0. The number of fused-ring (bicyclic) bond motifs is 1. The van der Waals surface area contributed by atoms with Crippen molar-refractivity contribution in [1.29, 1.82) is 0 Å². The summed E-state index contributed by atoms with van der Waals surface area (Å²) in [6.45, 7) is 1.47. The quantitative estimate of drug-likeness (QED) is 0.643. The Morgan fingerprint density at radius 2 is 1.93 bits per heavy atom. The van der Waals surface area contributed by atoms with Crippen molar-refractivity contribution in [2.24, 2.45) is 0 Å². The molecule has 0 atom stereocenters. The summed E-state index contributed by atoms with van der Waals surface area (Å²) in [6.07, 6.45) is 4.82. The predicted molar refractivity (Wildman–Crippen MR) is 108 cm³/mol. The number of aromatic nitrogens is 1. The second kappa shape index (κ2) is 8.57. The van der Waals surface area contributed by atoms with Crippen LogP contribution in [0.3, 0.4) is 0 Å². The lowest BCUT2D eigenvalue weighted by Crippen LogP contribution is -2.40. The van der Waals surface area contributed by atoms with Gasteiger partial charge in [-0.05, 0) is 49.4 Å². The lowest BCUT2D eigenvalue weighted by Gasteiger charge is -2.31. The van der Waals surface area contributed by atoms with Crippen molar-refractivity contribution in [3.8, 4) is 0 Å². The molecule has 0 bridgehead atoms. The molecular weight excluding hydrogens is 352 g/mol. The van der Waals surface area contributed by atoms with Gasteiger partial charge in [-0.25, -0.2) is 4.98 Å². The molecule has 1 aliphatic rings. The number of carbonyl (C=O) groups excluding carboxylic acids is 1. The maximum absolute atomic E-state index is 12.8. The summed E-state index contributed by atoms with van der Waals surface area (Å²) < 4.78 is 11.2. The van der Waals surface area contributed by atoms with E-state index in [1.165, 1.54) is 5.56 Å². The Kier molecular flexibility index (Phi) is 5.72. The molecule has 1 amide bonds. The van der Waals surface area contributed by atoms with Crippen LogP contribution in [0.4, 0.5) is 0 Å². The average Bonchev–Trinajstić information content (AvgIpc) is 3.16. The Morgan fingerprint density at radius 1 is 1.14 bits per heavy atom. The molecule has 0 aliphatic carbocycles. The minimum Gasteiger partial charge on any atom is -0.441 e. The van der Waals surface area contributed by atoms with Gasteiger partial charge in [-0.1, -0.05) is 30.3 Å². The first-order chi connectivity index (χ1) is 13.7. The summed E-state index contributed by atoms with van der Waals surface area (Å²) in [4.78, 5) is 19.3. The van der Waals surface area contributed by atoms with Crippen molar-refractivity contribution in [2.75, 3.05) is 20.2 Å². The number of rotatable bonds is 6. The number of piperidine rings is 1. The largest absolute Gasteiger partial charge is 0.441 e. The minimum atomic E-state index is 0.0603. The van der Waals surface area contributed by atoms with Gasteiger partial charge >= 0.3 is 0 Å². The van der Waals surface area contributed by atoms with E-state index in [1.807, 2.05) is 29.2 Å². The Hall–Kier alpha value is -2.66. The summed E-state index contributed by atoms with van der Waals surface area (Å²) in [5.74, 6) is 0.793. The third kappa shape index (κ3) is 4.25. The lowest BCUT2D eigenvalue weighted by atomic mass is 10.1. The highest BCUT2D eigenvalue weighted by Crippen LogP contribution is 2.21. The third-order valence-corrected chi connectivity index (χ3v) is 5.44. The van der Waals surface area contributed by atoms with E-state index in [9.17, 15) is 4.79 Å². The predicted octanol–water partition coefficient (Wildman–Crippen LogP) is 4.25. The first kappa shape index (κ1) is 18.7. The Labute approximate surface area is 165 Å². The summed E-state index contributed by atoms with van der Waals surface area (Å²) in [5.41, 5.74) is 3.49. The van der Waals surface area contributed by atoms with Crippen LogP contribution in [0.15, 0.2) is 52.9 Å². The van der Waals surface area contributed by atoms with Crippen LogP contribution in [-0.4, -0.2) is 42.1 Å². The molecule has 1 aliphatic heterocycles. The van der Waals surface area contributed by atoms with Gasteiger partial charge in [0.25, 0.3) is 5.91 Å². The van der Waals surface area contributed by atoms with Gasteiger partial charge in [0.15, 0.2) is 11.5 Å². The number of hydrogen-bond donors (Lipinski definition) is 0. The number of carbonyl (C=O) groups is 1. The van der Waals surface area contributed by atoms with Crippen LogP contribution in [0.1, 0.15) is 41.1 Å². The smallest absolute Gasteiger partial charge is 0.253 e. The number of methoxy groups -OCH3 is 1. The van der Waals surface area contributed by atoms with Gasteiger partial charge in [-0.2, -0.15) is 0 Å². The summed E-state index contributed by atoms with van der Waals surface area (Å²) in [7, 11) is 1.73. The molecule has 2 aromatic carbocycles. The van der Waals surface area contributed by atoms with Crippen molar-refractivity contribution < 1.29 is 13.9 Å². The zero-order valence-corrected chi connectivity index (χ0v) is 16.3. The van der Waals surface area contributed by atoms with Crippen LogP contribution in [0.5, 0.6) is 0 Å². The van der Waals surface area contributed by atoms with Crippen LogP contribution in [0, 0.1) is 0 Å². The number of oxazole rings is 1. The van der Waals surface area contributed by atoms with Crippen LogP contribution < -0.4 is 0 Å². The second-order valence-electron chi connectivity index (χ2n) is 7.36. The molecule has 1 aromatic heterocycles. The van der Waals surface area contributed by atoms with Crippen molar-refractivity contribution in [2.45, 2.75) is 38.2 Å². The highest BCUT2D eigenvalue weighted by atomic mass is 16.5. The maximum atomic E-state index is 12.8. The van der Waals surface area contributed by atoms with E-state index in [0.717, 1.165) is 62.2 Å². The fourth-order valence-corrected chi connectivity index (χ4v) is 3.78.